The van der Waals surface area contributed by atoms with E-state index in [1.165, 1.54) is 37.7 Å². The molecule has 2 atom stereocenters. The summed E-state index contributed by atoms with van der Waals surface area (Å²) in [7, 11) is 0. The van der Waals surface area contributed by atoms with Gasteiger partial charge >= 0.3 is 0 Å². The molecule has 0 radical (unpaired) electrons. The predicted molar refractivity (Wildman–Crippen MR) is 160 cm³/mol. The number of nitriles is 1. The monoisotopic (exact) mass is 563 g/mol. The number of nitrogens with one attached hydrogen (secondary N) is 1. The molecule has 3 aliphatic rings. The lowest BCUT2D eigenvalue weighted by Crippen LogP contribution is -2.47. The Morgan fingerprint density at radius 1 is 1.00 bits per heavy atom. The van der Waals surface area contributed by atoms with Crippen molar-refractivity contribution in [3.63, 3.8) is 0 Å². The normalized spacial score (nSPS) is 20.1. The number of amides is 2. The molecule has 0 aromatic heterocycles. The Morgan fingerprint density at radius 3 is 2.20 bits per heavy atom. The average molecular weight is 564 g/mol. The molecular formula is C34H46FN3O3. The molecule has 2 aromatic rings. The smallest absolute Gasteiger partial charge is 0.251 e. The van der Waals surface area contributed by atoms with Gasteiger partial charge in [-0.05, 0) is 84.9 Å². The lowest BCUT2D eigenvalue weighted by atomic mass is 9.78. The quantitative estimate of drug-likeness (QED) is 0.399. The third kappa shape index (κ3) is 9.97. The van der Waals surface area contributed by atoms with Gasteiger partial charge in [0, 0.05) is 25.3 Å². The van der Waals surface area contributed by atoms with Crippen molar-refractivity contribution < 1.29 is 18.7 Å². The fraction of sp³-hybridized carbons (Fsp3) is 0.559. The van der Waals surface area contributed by atoms with Crippen molar-refractivity contribution in [1.82, 2.24) is 10.2 Å². The van der Waals surface area contributed by atoms with Gasteiger partial charge in [0.2, 0.25) is 5.91 Å². The van der Waals surface area contributed by atoms with E-state index < -0.39 is 0 Å². The van der Waals surface area contributed by atoms with Gasteiger partial charge in [-0.15, -0.1) is 0 Å². The molecule has 1 aliphatic carbocycles. The number of halogens is 1. The maximum absolute atomic E-state index is 12.6. The average Bonchev–Trinajstić information content (AvgIpc) is 3.64. The molecule has 222 valence electrons. The Hall–Kier alpha value is -3.24. The van der Waals surface area contributed by atoms with Crippen LogP contribution in [0.25, 0.3) is 0 Å². The standard InChI is InChI=1S/C18H21N3O3.C12H15F.C4H10/c19-11-14-1-3-15(4-2-14)17(23)20-12-16(22)21-8-5-18(6-9-21)7-10-24-13-18;1-2-3-10-8-12(10)9-4-6-11(13)7-5-9;1-3-4-2/h1-4H,5-10,12-13H2,(H,20,23);4-7,10,12H,2-3,8H2,1H3;3-4H2,1-2H3/t;10-,12?;/m.1./s1. The third-order valence-electron chi connectivity index (χ3n) is 8.42. The van der Waals surface area contributed by atoms with E-state index >= 15 is 0 Å². The van der Waals surface area contributed by atoms with Gasteiger partial charge in [0.15, 0.2) is 0 Å². The molecule has 41 heavy (non-hydrogen) atoms. The Kier molecular flexibility index (Phi) is 12.8. The van der Waals surface area contributed by atoms with Gasteiger partial charge in [-0.2, -0.15) is 5.26 Å². The van der Waals surface area contributed by atoms with Crippen LogP contribution in [0.3, 0.4) is 0 Å². The van der Waals surface area contributed by atoms with Gasteiger partial charge < -0.3 is 15.0 Å². The first-order valence-electron chi connectivity index (χ1n) is 15.2. The highest BCUT2D eigenvalue weighted by Crippen LogP contribution is 2.49. The number of hydrogen-bond acceptors (Lipinski definition) is 4. The van der Waals surface area contributed by atoms with Crippen molar-refractivity contribution in [1.29, 1.82) is 5.26 Å². The van der Waals surface area contributed by atoms with E-state index in [0.29, 0.717) is 11.1 Å². The number of ether oxygens (including phenoxy) is 1. The van der Waals surface area contributed by atoms with E-state index in [1.807, 2.05) is 23.1 Å². The summed E-state index contributed by atoms with van der Waals surface area (Å²) in [4.78, 5) is 26.2. The molecule has 2 aromatic carbocycles. The zero-order chi connectivity index (χ0) is 29.7. The second kappa shape index (κ2) is 16.3. The Morgan fingerprint density at radius 2 is 1.66 bits per heavy atom. The molecule has 2 amide bonds. The number of piperidine rings is 1. The molecule has 2 heterocycles. The molecule has 1 spiro atoms. The number of likely N-dealkylation sites (tertiary alicyclic amines) is 1. The molecule has 6 nitrogen and oxygen atoms in total. The van der Waals surface area contributed by atoms with Gasteiger partial charge in [0.1, 0.15) is 5.82 Å². The van der Waals surface area contributed by atoms with Crippen molar-refractivity contribution in [3.8, 4) is 6.07 Å². The van der Waals surface area contributed by atoms with Crippen LogP contribution in [0.4, 0.5) is 4.39 Å². The number of benzene rings is 2. The van der Waals surface area contributed by atoms with E-state index in [9.17, 15) is 14.0 Å². The third-order valence-corrected chi connectivity index (χ3v) is 8.42. The number of rotatable bonds is 7. The molecule has 1 N–H and O–H groups in total. The van der Waals surface area contributed by atoms with Crippen LogP contribution < -0.4 is 5.32 Å². The Labute approximate surface area is 245 Å². The van der Waals surface area contributed by atoms with Crippen LogP contribution in [-0.2, 0) is 9.53 Å². The van der Waals surface area contributed by atoms with Crippen LogP contribution in [0.1, 0.15) is 99.5 Å². The van der Waals surface area contributed by atoms with Crippen LogP contribution in [0.5, 0.6) is 0 Å². The molecule has 1 unspecified atom stereocenters. The molecule has 7 heteroatoms. The van der Waals surface area contributed by atoms with Crippen LogP contribution in [0, 0.1) is 28.5 Å². The summed E-state index contributed by atoms with van der Waals surface area (Å²) in [5, 5.41) is 11.4. The second-order valence-electron chi connectivity index (χ2n) is 11.5. The van der Waals surface area contributed by atoms with Crippen molar-refractivity contribution in [2.24, 2.45) is 11.3 Å². The van der Waals surface area contributed by atoms with Gasteiger partial charge in [0.25, 0.3) is 5.91 Å². The molecular weight excluding hydrogens is 517 g/mol. The van der Waals surface area contributed by atoms with E-state index in [2.05, 4.69) is 26.1 Å². The van der Waals surface area contributed by atoms with Crippen molar-refractivity contribution in [3.05, 3.63) is 71.0 Å². The number of nitrogens with zero attached hydrogens (tertiary/aromatic N) is 2. The first kappa shape index (κ1) is 32.3. The van der Waals surface area contributed by atoms with E-state index in [4.69, 9.17) is 10.00 Å². The fourth-order valence-electron chi connectivity index (χ4n) is 5.40. The summed E-state index contributed by atoms with van der Waals surface area (Å²) < 4.78 is 18.1. The lowest BCUT2D eigenvalue weighted by molar-refractivity contribution is -0.132. The van der Waals surface area contributed by atoms with Crippen molar-refractivity contribution >= 4 is 11.8 Å². The summed E-state index contributed by atoms with van der Waals surface area (Å²) >= 11 is 0. The fourth-order valence-corrected chi connectivity index (χ4v) is 5.40. The highest BCUT2D eigenvalue weighted by atomic mass is 19.1. The largest absolute Gasteiger partial charge is 0.381 e. The van der Waals surface area contributed by atoms with E-state index in [0.717, 1.165) is 57.4 Å². The van der Waals surface area contributed by atoms with Crippen LogP contribution >= 0.6 is 0 Å². The SMILES string of the molecule is CCCC.CCC[C@@H]1CC1c1ccc(F)cc1.N#Cc1ccc(C(=O)NCC(=O)N2CCC3(CCOC3)CC2)cc1. The van der Waals surface area contributed by atoms with Crippen molar-refractivity contribution in [2.45, 2.75) is 78.1 Å². The van der Waals surface area contributed by atoms with Gasteiger partial charge in [-0.3, -0.25) is 9.59 Å². The van der Waals surface area contributed by atoms with E-state index in [-0.39, 0.29) is 29.6 Å². The van der Waals surface area contributed by atoms with Crippen molar-refractivity contribution in [2.75, 3.05) is 32.8 Å². The molecule has 2 aliphatic heterocycles. The lowest BCUT2D eigenvalue weighted by Gasteiger charge is -2.38. The summed E-state index contributed by atoms with van der Waals surface area (Å²) in [6, 6.07) is 15.3. The van der Waals surface area contributed by atoms with Gasteiger partial charge in [0.05, 0.1) is 24.8 Å². The number of carbonyl (C=O) groups excluding carboxylic acids is 2. The van der Waals surface area contributed by atoms with Gasteiger partial charge in [-0.1, -0.05) is 58.6 Å². The Bertz CT molecular complexity index is 1130. The predicted octanol–water partition coefficient (Wildman–Crippen LogP) is 6.85. The van der Waals surface area contributed by atoms with Crippen LogP contribution in [-0.4, -0.2) is 49.6 Å². The Balaban J connectivity index is 0.000000227. The first-order valence-corrected chi connectivity index (χ1v) is 15.2. The minimum absolute atomic E-state index is 0.00232. The van der Waals surface area contributed by atoms with E-state index in [1.54, 1.807) is 36.4 Å². The zero-order valence-corrected chi connectivity index (χ0v) is 25.0. The number of unbranched alkanes of at least 4 members (excludes halogenated alkanes) is 1. The maximum Gasteiger partial charge on any atom is 0.251 e. The minimum atomic E-state index is -0.300. The second-order valence-corrected chi connectivity index (χ2v) is 11.5. The molecule has 0 bridgehead atoms. The summed E-state index contributed by atoms with van der Waals surface area (Å²) in [5.74, 6) is 1.11. The summed E-state index contributed by atoms with van der Waals surface area (Å²) in [6.07, 6.45) is 9.57. The molecule has 5 rings (SSSR count). The van der Waals surface area contributed by atoms with Crippen LogP contribution in [0.2, 0.25) is 0 Å². The minimum Gasteiger partial charge on any atom is -0.381 e. The summed E-state index contributed by atoms with van der Waals surface area (Å²) in [6.45, 7) is 9.69. The number of carbonyl (C=O) groups is 2. The molecule has 2 saturated heterocycles. The first-order chi connectivity index (χ1) is 19.8. The van der Waals surface area contributed by atoms with Gasteiger partial charge in [-0.25, -0.2) is 4.39 Å². The maximum atomic E-state index is 12.6. The highest BCUT2D eigenvalue weighted by Gasteiger charge is 2.39. The zero-order valence-electron chi connectivity index (χ0n) is 25.0. The number of hydrogen-bond donors (Lipinski definition) is 1. The topological polar surface area (TPSA) is 82.4 Å². The highest BCUT2D eigenvalue weighted by molar-refractivity contribution is 5.96. The van der Waals surface area contributed by atoms with Crippen LogP contribution in [0.15, 0.2) is 48.5 Å². The summed E-state index contributed by atoms with van der Waals surface area (Å²) in [5.41, 5.74) is 2.53. The molecule has 1 saturated carbocycles. The molecule has 3 fully saturated rings.